The van der Waals surface area contributed by atoms with E-state index >= 15 is 0 Å². The molecule has 1 fully saturated rings. The molecule has 0 radical (unpaired) electrons. The molecule has 0 atom stereocenters. The summed E-state index contributed by atoms with van der Waals surface area (Å²) in [6.45, 7) is 1.35. The van der Waals surface area contributed by atoms with Gasteiger partial charge in [-0.15, -0.1) is 11.6 Å². The molecule has 0 aliphatic carbocycles. The van der Waals surface area contributed by atoms with Crippen molar-refractivity contribution in [3.8, 4) is 0 Å². The summed E-state index contributed by atoms with van der Waals surface area (Å²) >= 11 is 5.72. The molecule has 70 valence electrons. The SMILES string of the molecule is ClCc1cccc(C2OCCO2)c1. The third-order valence-corrected chi connectivity index (χ3v) is 2.31. The van der Waals surface area contributed by atoms with Crippen molar-refractivity contribution in [3.63, 3.8) is 0 Å². The van der Waals surface area contributed by atoms with Crippen LogP contribution < -0.4 is 0 Å². The van der Waals surface area contributed by atoms with Crippen LogP contribution in [0.25, 0.3) is 0 Å². The Hall–Kier alpha value is -0.570. The summed E-state index contributed by atoms with van der Waals surface area (Å²) in [7, 11) is 0. The molecule has 2 nitrogen and oxygen atoms in total. The summed E-state index contributed by atoms with van der Waals surface area (Å²) in [5.41, 5.74) is 2.15. The van der Waals surface area contributed by atoms with Crippen LogP contribution >= 0.6 is 11.6 Å². The van der Waals surface area contributed by atoms with E-state index in [0.717, 1.165) is 11.1 Å². The van der Waals surface area contributed by atoms with E-state index in [9.17, 15) is 0 Å². The second-order valence-corrected chi connectivity index (χ2v) is 3.22. The minimum Gasteiger partial charge on any atom is -0.346 e. The highest BCUT2D eigenvalue weighted by Gasteiger charge is 2.17. The number of alkyl halides is 1. The van der Waals surface area contributed by atoms with Crippen LogP contribution in [-0.4, -0.2) is 13.2 Å². The van der Waals surface area contributed by atoms with Crippen molar-refractivity contribution in [2.24, 2.45) is 0 Å². The summed E-state index contributed by atoms with van der Waals surface area (Å²) < 4.78 is 10.7. The molecule has 3 heteroatoms. The van der Waals surface area contributed by atoms with E-state index in [1.807, 2.05) is 24.3 Å². The van der Waals surface area contributed by atoms with Crippen LogP contribution in [0.15, 0.2) is 24.3 Å². The van der Waals surface area contributed by atoms with Gasteiger partial charge in [-0.2, -0.15) is 0 Å². The first-order valence-corrected chi connectivity index (χ1v) is 4.81. The van der Waals surface area contributed by atoms with Gasteiger partial charge >= 0.3 is 0 Å². The van der Waals surface area contributed by atoms with Gasteiger partial charge in [0.15, 0.2) is 6.29 Å². The first-order valence-electron chi connectivity index (χ1n) is 4.28. The average Bonchev–Trinajstić information content (AvgIpc) is 2.71. The highest BCUT2D eigenvalue weighted by molar-refractivity contribution is 6.17. The van der Waals surface area contributed by atoms with Gasteiger partial charge in [-0.25, -0.2) is 0 Å². The Morgan fingerprint density at radius 1 is 1.31 bits per heavy atom. The quantitative estimate of drug-likeness (QED) is 0.680. The maximum Gasteiger partial charge on any atom is 0.184 e. The van der Waals surface area contributed by atoms with Crippen molar-refractivity contribution in [1.29, 1.82) is 0 Å². The second-order valence-electron chi connectivity index (χ2n) is 2.95. The zero-order chi connectivity index (χ0) is 9.10. The normalized spacial score (nSPS) is 17.9. The molecule has 0 unspecified atom stereocenters. The second kappa shape index (κ2) is 4.09. The molecule has 1 aliphatic rings. The van der Waals surface area contributed by atoms with Crippen LogP contribution in [0.4, 0.5) is 0 Å². The maximum absolute atomic E-state index is 5.72. The van der Waals surface area contributed by atoms with Crippen LogP contribution in [0.5, 0.6) is 0 Å². The van der Waals surface area contributed by atoms with E-state index in [4.69, 9.17) is 21.1 Å². The van der Waals surface area contributed by atoms with Crippen molar-refractivity contribution >= 4 is 11.6 Å². The monoisotopic (exact) mass is 198 g/mol. The van der Waals surface area contributed by atoms with Crippen molar-refractivity contribution in [1.82, 2.24) is 0 Å². The molecule has 0 amide bonds. The molecular formula is C10H11ClO2. The minimum absolute atomic E-state index is 0.192. The van der Waals surface area contributed by atoms with Gasteiger partial charge in [-0.3, -0.25) is 0 Å². The third-order valence-electron chi connectivity index (χ3n) is 2.00. The van der Waals surface area contributed by atoms with Gasteiger partial charge in [0.25, 0.3) is 0 Å². The molecular weight excluding hydrogens is 188 g/mol. The lowest BCUT2D eigenvalue weighted by Gasteiger charge is -2.09. The van der Waals surface area contributed by atoms with Gasteiger partial charge < -0.3 is 9.47 Å². The Labute approximate surface area is 82.4 Å². The molecule has 1 aromatic carbocycles. The molecule has 0 saturated carbocycles. The minimum atomic E-state index is -0.192. The topological polar surface area (TPSA) is 18.5 Å². The van der Waals surface area contributed by atoms with Crippen molar-refractivity contribution < 1.29 is 9.47 Å². The summed E-state index contributed by atoms with van der Waals surface area (Å²) in [5.74, 6) is 0.528. The zero-order valence-corrected chi connectivity index (χ0v) is 7.96. The highest BCUT2D eigenvalue weighted by Crippen LogP contribution is 2.23. The van der Waals surface area contributed by atoms with Crippen molar-refractivity contribution in [2.75, 3.05) is 13.2 Å². The summed E-state index contributed by atoms with van der Waals surface area (Å²) in [4.78, 5) is 0. The van der Waals surface area contributed by atoms with Crippen LogP contribution in [0, 0.1) is 0 Å². The molecule has 0 spiro atoms. The number of benzene rings is 1. The summed E-state index contributed by atoms with van der Waals surface area (Å²) in [6, 6.07) is 7.97. The molecule has 13 heavy (non-hydrogen) atoms. The van der Waals surface area contributed by atoms with Gasteiger partial charge in [-0.1, -0.05) is 18.2 Å². The van der Waals surface area contributed by atoms with E-state index in [-0.39, 0.29) is 6.29 Å². The Kier molecular flexibility index (Phi) is 2.83. The van der Waals surface area contributed by atoms with E-state index in [1.165, 1.54) is 0 Å². The van der Waals surface area contributed by atoms with Crippen LogP contribution in [0.2, 0.25) is 0 Å². The lowest BCUT2D eigenvalue weighted by Crippen LogP contribution is -1.98. The largest absolute Gasteiger partial charge is 0.346 e. The fraction of sp³-hybridized carbons (Fsp3) is 0.400. The fourth-order valence-corrected chi connectivity index (χ4v) is 1.54. The highest BCUT2D eigenvalue weighted by atomic mass is 35.5. The molecule has 1 aromatic rings. The zero-order valence-electron chi connectivity index (χ0n) is 7.20. The molecule has 0 bridgehead atoms. The molecule has 0 N–H and O–H groups in total. The summed E-state index contributed by atoms with van der Waals surface area (Å²) in [5, 5.41) is 0. The standard InChI is InChI=1S/C10H11ClO2/c11-7-8-2-1-3-9(6-8)10-12-4-5-13-10/h1-3,6,10H,4-5,7H2. The van der Waals surface area contributed by atoms with Crippen LogP contribution in [0.1, 0.15) is 17.4 Å². The van der Waals surface area contributed by atoms with Crippen molar-refractivity contribution in [2.45, 2.75) is 12.2 Å². The number of rotatable bonds is 2. The lowest BCUT2D eigenvalue weighted by atomic mass is 10.1. The fourth-order valence-electron chi connectivity index (χ4n) is 1.37. The Balaban J connectivity index is 2.18. The number of hydrogen-bond donors (Lipinski definition) is 0. The van der Waals surface area contributed by atoms with Crippen LogP contribution in [0.3, 0.4) is 0 Å². The lowest BCUT2D eigenvalue weighted by molar-refractivity contribution is -0.0441. The van der Waals surface area contributed by atoms with Gasteiger partial charge in [0.2, 0.25) is 0 Å². The Morgan fingerprint density at radius 3 is 2.77 bits per heavy atom. The predicted molar refractivity (Wildman–Crippen MR) is 50.6 cm³/mol. The predicted octanol–water partition coefficient (Wildman–Crippen LogP) is 2.47. The molecule has 0 aromatic heterocycles. The maximum atomic E-state index is 5.72. The first kappa shape index (κ1) is 9.00. The smallest absolute Gasteiger partial charge is 0.184 e. The van der Waals surface area contributed by atoms with Crippen LogP contribution in [-0.2, 0) is 15.4 Å². The number of halogens is 1. The Bertz CT molecular complexity index is 282. The van der Waals surface area contributed by atoms with Gasteiger partial charge in [0.05, 0.1) is 13.2 Å². The van der Waals surface area contributed by atoms with Gasteiger partial charge in [-0.05, 0) is 11.6 Å². The van der Waals surface area contributed by atoms with E-state index in [0.29, 0.717) is 19.1 Å². The molecule has 1 aliphatic heterocycles. The van der Waals surface area contributed by atoms with Gasteiger partial charge in [0.1, 0.15) is 0 Å². The van der Waals surface area contributed by atoms with E-state index in [2.05, 4.69) is 0 Å². The first-order chi connectivity index (χ1) is 6.40. The van der Waals surface area contributed by atoms with Gasteiger partial charge in [0, 0.05) is 11.4 Å². The van der Waals surface area contributed by atoms with E-state index < -0.39 is 0 Å². The van der Waals surface area contributed by atoms with Crippen molar-refractivity contribution in [3.05, 3.63) is 35.4 Å². The molecule has 2 rings (SSSR count). The average molecular weight is 199 g/mol. The van der Waals surface area contributed by atoms with E-state index in [1.54, 1.807) is 0 Å². The molecule has 1 saturated heterocycles. The Morgan fingerprint density at radius 2 is 2.08 bits per heavy atom. The molecule has 1 heterocycles. The number of hydrogen-bond acceptors (Lipinski definition) is 2. The third kappa shape index (κ3) is 2.02. The summed E-state index contributed by atoms with van der Waals surface area (Å²) in [6.07, 6.45) is -0.192. The number of ether oxygens (including phenoxy) is 2.